The third-order valence-electron chi connectivity index (χ3n) is 6.03. The Bertz CT molecular complexity index is 532. The zero-order valence-electron chi connectivity index (χ0n) is 16.0. The van der Waals surface area contributed by atoms with Gasteiger partial charge in [0.1, 0.15) is 6.10 Å². The highest BCUT2D eigenvalue weighted by Gasteiger charge is 2.51. The predicted molar refractivity (Wildman–Crippen MR) is 93.3 cm³/mol. The van der Waals surface area contributed by atoms with Crippen molar-refractivity contribution in [2.75, 3.05) is 6.61 Å². The average molecular weight is 388 g/mol. The zero-order chi connectivity index (χ0) is 19.4. The molecule has 3 fully saturated rings. The number of alkyl halides is 2. The van der Waals surface area contributed by atoms with Gasteiger partial charge in [0.05, 0.1) is 12.5 Å². The van der Waals surface area contributed by atoms with Crippen molar-refractivity contribution in [3.05, 3.63) is 0 Å². The maximum atomic E-state index is 14.0. The van der Waals surface area contributed by atoms with Crippen LogP contribution in [0, 0.1) is 11.8 Å². The van der Waals surface area contributed by atoms with Crippen molar-refractivity contribution >= 4 is 11.8 Å². The van der Waals surface area contributed by atoms with Crippen LogP contribution in [-0.4, -0.2) is 42.8 Å². The van der Waals surface area contributed by atoms with Crippen LogP contribution in [0.15, 0.2) is 0 Å². The molecule has 0 aromatic rings. The van der Waals surface area contributed by atoms with Crippen molar-refractivity contribution in [3.63, 3.8) is 0 Å². The van der Waals surface area contributed by atoms with Crippen molar-refractivity contribution in [1.82, 2.24) is 0 Å². The summed E-state index contributed by atoms with van der Waals surface area (Å²) in [6.45, 7) is 2.40. The van der Waals surface area contributed by atoms with Gasteiger partial charge in [-0.25, -0.2) is 0 Å². The zero-order valence-corrected chi connectivity index (χ0v) is 16.0. The number of hydrogen-bond acceptors (Lipinski definition) is 5. The van der Waals surface area contributed by atoms with Gasteiger partial charge in [0, 0.05) is 31.8 Å². The van der Waals surface area contributed by atoms with Crippen LogP contribution in [0.3, 0.4) is 0 Å². The van der Waals surface area contributed by atoms with Gasteiger partial charge in [-0.2, -0.15) is 8.78 Å². The number of rotatable bonds is 9. The Morgan fingerprint density at radius 3 is 2.85 bits per heavy atom. The van der Waals surface area contributed by atoms with Crippen LogP contribution in [0.4, 0.5) is 8.78 Å². The highest BCUT2D eigenvalue weighted by molar-refractivity contribution is 5.85. The van der Waals surface area contributed by atoms with Crippen molar-refractivity contribution in [1.29, 1.82) is 0 Å². The minimum atomic E-state index is -3.27. The first-order valence-corrected chi connectivity index (χ1v) is 10.3. The molecule has 2 aliphatic heterocycles. The molecule has 7 heteroatoms. The fourth-order valence-corrected chi connectivity index (χ4v) is 4.64. The Kier molecular flexibility index (Phi) is 6.84. The van der Waals surface area contributed by atoms with Crippen LogP contribution in [0.1, 0.15) is 71.1 Å². The summed E-state index contributed by atoms with van der Waals surface area (Å²) in [5.41, 5.74) is 0. The minimum Gasteiger partial charge on any atom is -0.462 e. The van der Waals surface area contributed by atoms with E-state index in [0.717, 1.165) is 19.3 Å². The minimum absolute atomic E-state index is 0.0101. The van der Waals surface area contributed by atoms with E-state index in [2.05, 4.69) is 0 Å². The molecule has 27 heavy (non-hydrogen) atoms. The summed E-state index contributed by atoms with van der Waals surface area (Å²) in [4.78, 5) is 23.2. The van der Waals surface area contributed by atoms with Gasteiger partial charge in [-0.3, -0.25) is 9.59 Å². The highest BCUT2D eigenvalue weighted by atomic mass is 19.3. The molecule has 0 aromatic carbocycles. The lowest BCUT2D eigenvalue weighted by atomic mass is 9.87. The van der Waals surface area contributed by atoms with Crippen LogP contribution in [0.5, 0.6) is 0 Å². The maximum Gasteiger partial charge on any atom is 0.306 e. The van der Waals surface area contributed by atoms with Gasteiger partial charge in [-0.15, -0.1) is 0 Å². The smallest absolute Gasteiger partial charge is 0.306 e. The first kappa shape index (κ1) is 20.6. The molecule has 2 heterocycles. The maximum absolute atomic E-state index is 14.0. The lowest BCUT2D eigenvalue weighted by Gasteiger charge is -2.30. The van der Waals surface area contributed by atoms with Crippen molar-refractivity contribution in [3.8, 4) is 0 Å². The number of esters is 1. The van der Waals surface area contributed by atoms with E-state index in [-0.39, 0.29) is 49.1 Å². The second kappa shape index (κ2) is 8.95. The summed E-state index contributed by atoms with van der Waals surface area (Å²) < 4.78 is 45.2. The number of fused-ring (bicyclic) bond motifs is 1. The van der Waals surface area contributed by atoms with E-state index in [9.17, 15) is 18.4 Å². The monoisotopic (exact) mass is 388 g/mol. The van der Waals surface area contributed by atoms with Crippen molar-refractivity contribution in [2.24, 2.45) is 11.8 Å². The summed E-state index contributed by atoms with van der Waals surface area (Å²) in [6.07, 6.45) is 3.89. The quantitative estimate of drug-likeness (QED) is 0.558. The lowest BCUT2D eigenvalue weighted by Crippen LogP contribution is -2.32. The van der Waals surface area contributed by atoms with Gasteiger partial charge < -0.3 is 14.2 Å². The van der Waals surface area contributed by atoms with Crippen LogP contribution in [0.2, 0.25) is 0 Å². The number of carbonyl (C=O) groups is 2. The van der Waals surface area contributed by atoms with Crippen molar-refractivity contribution < 1.29 is 32.6 Å². The van der Waals surface area contributed by atoms with Gasteiger partial charge in [-0.05, 0) is 44.4 Å². The summed E-state index contributed by atoms with van der Waals surface area (Å²) in [5.74, 6) is -4.45. The molecule has 3 rings (SSSR count). The molecule has 2 saturated heterocycles. The normalized spacial score (nSPS) is 33.7. The van der Waals surface area contributed by atoms with Crippen LogP contribution in [-0.2, 0) is 23.8 Å². The molecule has 5 atom stereocenters. The average Bonchev–Trinajstić information content (AvgIpc) is 3.12. The van der Waals surface area contributed by atoms with E-state index < -0.39 is 18.1 Å². The summed E-state index contributed by atoms with van der Waals surface area (Å²) in [7, 11) is 0. The molecule has 0 N–H and O–H groups in total. The Morgan fingerprint density at radius 1 is 1.33 bits per heavy atom. The first-order chi connectivity index (χ1) is 12.9. The van der Waals surface area contributed by atoms with E-state index in [0.29, 0.717) is 32.3 Å². The van der Waals surface area contributed by atoms with E-state index in [1.54, 1.807) is 6.92 Å². The summed E-state index contributed by atoms with van der Waals surface area (Å²) >= 11 is 0. The molecule has 1 saturated carbocycles. The number of halogens is 2. The molecule has 154 valence electrons. The topological polar surface area (TPSA) is 61.8 Å². The molecule has 0 spiro atoms. The molecule has 0 bridgehead atoms. The molecule has 1 aliphatic carbocycles. The molecule has 2 unspecified atom stereocenters. The Labute approximate surface area is 159 Å². The van der Waals surface area contributed by atoms with Crippen molar-refractivity contribution in [2.45, 2.75) is 95.6 Å². The van der Waals surface area contributed by atoms with Crippen LogP contribution < -0.4 is 0 Å². The molecular formula is C20H30F2O5. The summed E-state index contributed by atoms with van der Waals surface area (Å²) in [6, 6.07) is 0. The Morgan fingerprint density at radius 2 is 2.15 bits per heavy atom. The molecule has 5 nitrogen and oxygen atoms in total. The lowest BCUT2D eigenvalue weighted by molar-refractivity contribution is -0.197. The summed E-state index contributed by atoms with van der Waals surface area (Å²) in [5, 5.41) is 0. The Hall–Kier alpha value is -1.08. The molecular weight excluding hydrogens is 358 g/mol. The fraction of sp³-hybridized carbons (Fsp3) is 0.900. The van der Waals surface area contributed by atoms with Crippen LogP contribution >= 0.6 is 0 Å². The second-order valence-electron chi connectivity index (χ2n) is 8.04. The Balaban J connectivity index is 1.56. The van der Waals surface area contributed by atoms with Gasteiger partial charge in [0.15, 0.2) is 6.29 Å². The molecule has 0 radical (unpaired) electrons. The van der Waals surface area contributed by atoms with Gasteiger partial charge >= 0.3 is 11.9 Å². The number of hydrogen-bond donors (Lipinski definition) is 0. The van der Waals surface area contributed by atoms with E-state index >= 15 is 0 Å². The molecule has 0 aromatic heterocycles. The highest BCUT2D eigenvalue weighted by Crippen LogP contribution is 2.46. The fourth-order valence-electron chi connectivity index (χ4n) is 4.64. The SMILES string of the molecule is CCCC(=O)C(F)(F)CCC[C@H]1[C@H](OC2CCCCO2)CC2OC(=O)C[C@@H]21. The largest absolute Gasteiger partial charge is 0.462 e. The van der Waals surface area contributed by atoms with E-state index in [1.165, 1.54) is 0 Å². The third kappa shape index (κ3) is 5.05. The van der Waals surface area contributed by atoms with Gasteiger partial charge in [0.2, 0.25) is 5.78 Å². The second-order valence-corrected chi connectivity index (χ2v) is 8.04. The van der Waals surface area contributed by atoms with E-state index in [4.69, 9.17) is 14.2 Å². The van der Waals surface area contributed by atoms with Gasteiger partial charge in [0.25, 0.3) is 0 Å². The standard InChI is InChI=1S/C20H30F2O5/c1-2-6-17(23)20(21,22)9-5-7-13-14-11-18(24)26-16(14)12-15(13)27-19-8-3-4-10-25-19/h13-16,19H,2-12H2,1H3/t13-,14-,15-,16?,19?/m1/s1. The number of carbonyl (C=O) groups excluding carboxylic acids is 2. The number of ether oxygens (including phenoxy) is 3. The molecule has 3 aliphatic rings. The van der Waals surface area contributed by atoms with Gasteiger partial charge in [-0.1, -0.05) is 6.92 Å². The molecule has 0 amide bonds. The van der Waals surface area contributed by atoms with Crippen LogP contribution in [0.25, 0.3) is 0 Å². The number of ketones is 1. The first-order valence-electron chi connectivity index (χ1n) is 10.3. The predicted octanol–water partition coefficient (Wildman–Crippen LogP) is 4.02. The third-order valence-corrected chi connectivity index (χ3v) is 6.03. The number of Topliss-reactive ketones (excluding diaryl/α,β-unsaturated/α-hetero) is 1. The van der Waals surface area contributed by atoms with E-state index in [1.807, 2.05) is 0 Å².